The maximum atomic E-state index is 4.56. The van der Waals surface area contributed by atoms with Crippen LogP contribution < -0.4 is 0 Å². The van der Waals surface area contributed by atoms with E-state index < -0.39 is 0 Å². The molecule has 4 aromatic rings. The van der Waals surface area contributed by atoms with Crippen molar-refractivity contribution in [2.24, 2.45) is 0 Å². The Morgan fingerprint density at radius 2 is 1.55 bits per heavy atom. The van der Waals surface area contributed by atoms with Crippen LogP contribution in [0.1, 0.15) is 36.7 Å². The third-order valence-corrected chi connectivity index (χ3v) is 6.46. The average molecular weight is 433 g/mol. The van der Waals surface area contributed by atoms with E-state index in [0.29, 0.717) is 0 Å². The summed E-state index contributed by atoms with van der Waals surface area (Å²) in [5.74, 6) is 1.74. The summed E-state index contributed by atoms with van der Waals surface area (Å²) in [6.45, 7) is 5.14. The van der Waals surface area contributed by atoms with Crippen LogP contribution in [0.4, 0.5) is 0 Å². The minimum atomic E-state index is -0.0125. The SMILES string of the molecule is CC(Sc1nnc(CN2CCCC2)n1-c1ccccc1)c1nnnn1-c1ccccc1. The molecule has 0 amide bonds. The number of benzene rings is 2. The number of nitrogens with zero attached hydrogens (tertiary/aromatic N) is 8. The zero-order valence-electron chi connectivity index (χ0n) is 17.4. The molecule has 1 atom stereocenters. The lowest BCUT2D eigenvalue weighted by molar-refractivity contribution is 0.319. The fourth-order valence-corrected chi connectivity index (χ4v) is 4.84. The molecule has 1 saturated heterocycles. The standard InChI is InChI=1S/C22H24N8S/c1-17(21-24-26-27-30(21)19-12-6-3-7-13-19)31-22-25-23-20(16-28-14-8-9-15-28)29(22)18-10-4-2-5-11-18/h2-7,10-13,17H,8-9,14-16H2,1H3. The van der Waals surface area contributed by atoms with Crippen LogP contribution in [0.15, 0.2) is 65.8 Å². The number of thioether (sulfide) groups is 1. The highest BCUT2D eigenvalue weighted by Crippen LogP contribution is 2.35. The minimum Gasteiger partial charge on any atom is -0.296 e. The maximum absolute atomic E-state index is 4.56. The highest BCUT2D eigenvalue weighted by molar-refractivity contribution is 7.99. The molecule has 0 N–H and O–H groups in total. The monoisotopic (exact) mass is 432 g/mol. The first-order valence-electron chi connectivity index (χ1n) is 10.5. The van der Waals surface area contributed by atoms with Crippen molar-refractivity contribution < 1.29 is 0 Å². The van der Waals surface area contributed by atoms with Gasteiger partial charge in [0.1, 0.15) is 0 Å². The molecule has 1 fully saturated rings. The van der Waals surface area contributed by atoms with E-state index in [1.165, 1.54) is 12.8 Å². The summed E-state index contributed by atoms with van der Waals surface area (Å²) in [4.78, 5) is 2.44. The summed E-state index contributed by atoms with van der Waals surface area (Å²) >= 11 is 1.62. The summed E-state index contributed by atoms with van der Waals surface area (Å²) in [7, 11) is 0. The highest BCUT2D eigenvalue weighted by Gasteiger charge is 2.23. The molecular formula is C22H24N8S. The number of tetrazole rings is 1. The fraction of sp³-hybridized carbons (Fsp3) is 0.318. The molecule has 1 unspecified atom stereocenters. The lowest BCUT2D eigenvalue weighted by Crippen LogP contribution is -2.21. The first kappa shape index (κ1) is 19.9. The van der Waals surface area contributed by atoms with Gasteiger partial charge in [0.2, 0.25) is 0 Å². The summed E-state index contributed by atoms with van der Waals surface area (Å²) < 4.78 is 3.95. The summed E-state index contributed by atoms with van der Waals surface area (Å²) in [6.07, 6.45) is 2.50. The third-order valence-electron chi connectivity index (χ3n) is 5.42. The van der Waals surface area contributed by atoms with Crippen LogP contribution in [-0.2, 0) is 6.54 Å². The van der Waals surface area contributed by atoms with Gasteiger partial charge in [0.25, 0.3) is 0 Å². The Bertz CT molecular complexity index is 1120. The van der Waals surface area contributed by atoms with Crippen molar-refractivity contribution in [2.75, 3.05) is 13.1 Å². The predicted octanol–water partition coefficient (Wildman–Crippen LogP) is 3.69. The Labute approximate surface area is 185 Å². The third kappa shape index (κ3) is 4.24. The summed E-state index contributed by atoms with van der Waals surface area (Å²) in [5, 5.41) is 22.4. The quantitative estimate of drug-likeness (QED) is 0.412. The molecule has 1 aliphatic heterocycles. The molecule has 5 rings (SSSR count). The molecule has 31 heavy (non-hydrogen) atoms. The molecule has 1 aliphatic rings. The van der Waals surface area contributed by atoms with Crippen molar-refractivity contribution in [1.82, 2.24) is 39.9 Å². The molecule has 0 bridgehead atoms. The largest absolute Gasteiger partial charge is 0.296 e. The molecule has 8 nitrogen and oxygen atoms in total. The Hall–Kier alpha value is -3.04. The number of hydrogen-bond donors (Lipinski definition) is 0. The van der Waals surface area contributed by atoms with E-state index in [0.717, 1.165) is 47.8 Å². The van der Waals surface area contributed by atoms with Crippen LogP contribution in [-0.4, -0.2) is 53.0 Å². The van der Waals surface area contributed by atoms with Crippen LogP contribution >= 0.6 is 11.8 Å². The maximum Gasteiger partial charge on any atom is 0.196 e. The summed E-state index contributed by atoms with van der Waals surface area (Å²) in [5.41, 5.74) is 2.01. The van der Waals surface area contributed by atoms with Crippen LogP contribution in [0, 0.1) is 0 Å². The fourth-order valence-electron chi connectivity index (χ4n) is 3.87. The average Bonchev–Trinajstić information content (AvgIpc) is 3.57. The molecule has 0 saturated carbocycles. The smallest absolute Gasteiger partial charge is 0.196 e. The van der Waals surface area contributed by atoms with E-state index in [1.807, 2.05) is 48.5 Å². The molecule has 0 spiro atoms. The van der Waals surface area contributed by atoms with Crippen molar-refractivity contribution in [3.8, 4) is 11.4 Å². The van der Waals surface area contributed by atoms with Gasteiger partial charge in [-0.05, 0) is 67.5 Å². The van der Waals surface area contributed by atoms with Crippen LogP contribution in [0.25, 0.3) is 11.4 Å². The zero-order valence-corrected chi connectivity index (χ0v) is 18.2. The van der Waals surface area contributed by atoms with Gasteiger partial charge in [-0.15, -0.1) is 15.3 Å². The van der Waals surface area contributed by atoms with Gasteiger partial charge >= 0.3 is 0 Å². The Morgan fingerprint density at radius 3 is 2.26 bits per heavy atom. The van der Waals surface area contributed by atoms with Gasteiger partial charge in [0, 0.05) is 5.69 Å². The van der Waals surface area contributed by atoms with Crippen molar-refractivity contribution in [3.05, 3.63) is 72.3 Å². The first-order valence-corrected chi connectivity index (χ1v) is 11.4. The van der Waals surface area contributed by atoms with Crippen molar-refractivity contribution >= 4 is 11.8 Å². The van der Waals surface area contributed by atoms with E-state index >= 15 is 0 Å². The molecule has 3 heterocycles. The molecule has 158 valence electrons. The van der Waals surface area contributed by atoms with E-state index in [-0.39, 0.29) is 5.25 Å². The van der Waals surface area contributed by atoms with Crippen molar-refractivity contribution in [1.29, 1.82) is 0 Å². The lowest BCUT2D eigenvalue weighted by Gasteiger charge is -2.17. The van der Waals surface area contributed by atoms with Crippen LogP contribution in [0.5, 0.6) is 0 Å². The number of likely N-dealkylation sites (tertiary alicyclic amines) is 1. The highest BCUT2D eigenvalue weighted by atomic mass is 32.2. The van der Waals surface area contributed by atoms with Crippen molar-refractivity contribution in [2.45, 2.75) is 36.7 Å². The Morgan fingerprint density at radius 1 is 0.871 bits per heavy atom. The number of aromatic nitrogens is 7. The van der Waals surface area contributed by atoms with E-state index in [4.69, 9.17) is 0 Å². The second-order valence-corrected chi connectivity index (χ2v) is 8.91. The normalized spacial score (nSPS) is 15.4. The minimum absolute atomic E-state index is 0.0125. The van der Waals surface area contributed by atoms with Gasteiger partial charge < -0.3 is 0 Å². The predicted molar refractivity (Wildman–Crippen MR) is 119 cm³/mol. The topological polar surface area (TPSA) is 77.6 Å². The lowest BCUT2D eigenvalue weighted by atomic mass is 10.3. The van der Waals surface area contributed by atoms with E-state index in [2.05, 4.69) is 54.2 Å². The Kier molecular flexibility index (Phi) is 5.77. The zero-order chi connectivity index (χ0) is 21.0. The number of hydrogen-bond acceptors (Lipinski definition) is 7. The summed E-state index contributed by atoms with van der Waals surface area (Å²) in [6, 6.07) is 20.2. The molecule has 0 radical (unpaired) electrons. The second kappa shape index (κ2) is 8.99. The molecular weight excluding hydrogens is 408 g/mol. The number of rotatable bonds is 7. The Balaban J connectivity index is 1.46. The number of para-hydroxylation sites is 2. The molecule has 0 aliphatic carbocycles. The van der Waals surface area contributed by atoms with Crippen molar-refractivity contribution in [3.63, 3.8) is 0 Å². The van der Waals surface area contributed by atoms with Gasteiger partial charge in [-0.3, -0.25) is 9.47 Å². The molecule has 2 aromatic heterocycles. The van der Waals surface area contributed by atoms with Gasteiger partial charge in [-0.2, -0.15) is 4.68 Å². The first-order chi connectivity index (χ1) is 15.3. The van der Waals surface area contributed by atoms with Crippen LogP contribution in [0.3, 0.4) is 0 Å². The van der Waals surface area contributed by atoms with Gasteiger partial charge in [-0.1, -0.05) is 48.2 Å². The molecule has 2 aromatic carbocycles. The van der Waals surface area contributed by atoms with Gasteiger partial charge in [0.05, 0.1) is 17.5 Å². The molecule has 9 heteroatoms. The second-order valence-electron chi connectivity index (χ2n) is 7.60. The van der Waals surface area contributed by atoms with Crippen LogP contribution in [0.2, 0.25) is 0 Å². The van der Waals surface area contributed by atoms with Gasteiger partial charge in [0.15, 0.2) is 16.8 Å². The van der Waals surface area contributed by atoms with E-state index in [9.17, 15) is 0 Å². The van der Waals surface area contributed by atoms with E-state index in [1.54, 1.807) is 16.4 Å². The van der Waals surface area contributed by atoms with Gasteiger partial charge in [-0.25, -0.2) is 0 Å².